The van der Waals surface area contributed by atoms with E-state index in [9.17, 15) is 4.79 Å². The third-order valence-corrected chi connectivity index (χ3v) is 3.29. The average Bonchev–Trinajstić information content (AvgIpc) is 2.77. The topological polar surface area (TPSA) is 35.5 Å². The van der Waals surface area contributed by atoms with E-state index in [1.807, 2.05) is 18.2 Å². The van der Waals surface area contributed by atoms with Crippen molar-refractivity contribution in [3.8, 4) is 0 Å². The molecule has 2 atom stereocenters. The van der Waals surface area contributed by atoms with Gasteiger partial charge in [0.25, 0.3) is 0 Å². The van der Waals surface area contributed by atoms with Gasteiger partial charge in [-0.3, -0.25) is 4.79 Å². The average molecular weight is 248 g/mol. The number of hydrogen-bond donors (Lipinski definition) is 0. The van der Waals surface area contributed by atoms with E-state index in [2.05, 4.69) is 12.1 Å². The van der Waals surface area contributed by atoms with Gasteiger partial charge in [0.2, 0.25) is 0 Å². The summed E-state index contributed by atoms with van der Waals surface area (Å²) in [6.07, 6.45) is 3.10. The van der Waals surface area contributed by atoms with Gasteiger partial charge < -0.3 is 9.47 Å². The van der Waals surface area contributed by atoms with Crippen molar-refractivity contribution >= 4 is 5.97 Å². The summed E-state index contributed by atoms with van der Waals surface area (Å²) < 4.78 is 10.9. The van der Waals surface area contributed by atoms with Crippen molar-refractivity contribution in [2.45, 2.75) is 38.9 Å². The maximum atomic E-state index is 10.9. The molecule has 1 unspecified atom stereocenters. The summed E-state index contributed by atoms with van der Waals surface area (Å²) in [6.45, 7) is 2.89. The second-order valence-electron chi connectivity index (χ2n) is 4.91. The highest BCUT2D eigenvalue weighted by molar-refractivity contribution is 5.66. The van der Waals surface area contributed by atoms with Crippen LogP contribution >= 0.6 is 0 Å². The first kappa shape index (κ1) is 13.1. The van der Waals surface area contributed by atoms with Gasteiger partial charge >= 0.3 is 5.97 Å². The minimum absolute atomic E-state index is 0.104. The summed E-state index contributed by atoms with van der Waals surface area (Å²) in [5.74, 6) is 0.351. The van der Waals surface area contributed by atoms with Crippen LogP contribution in [-0.2, 0) is 20.9 Å². The van der Waals surface area contributed by atoms with Gasteiger partial charge in [-0.1, -0.05) is 30.3 Å². The van der Waals surface area contributed by atoms with Crippen LogP contribution in [0.15, 0.2) is 30.3 Å². The maximum absolute atomic E-state index is 10.9. The molecular weight excluding hydrogens is 228 g/mol. The monoisotopic (exact) mass is 248 g/mol. The smallest absolute Gasteiger partial charge is 0.302 e. The van der Waals surface area contributed by atoms with E-state index < -0.39 is 0 Å². The summed E-state index contributed by atoms with van der Waals surface area (Å²) in [7, 11) is 0. The standard InChI is InChI=1S/C15H20O3/c1-12(16)18-15-8-7-14(9-15)11-17-10-13-5-3-2-4-6-13/h2-6,14-15H,7-11H2,1H3/t14?,15-/m0/s1. The largest absolute Gasteiger partial charge is 0.463 e. The zero-order valence-electron chi connectivity index (χ0n) is 10.8. The van der Waals surface area contributed by atoms with Crippen LogP contribution in [0, 0.1) is 5.92 Å². The van der Waals surface area contributed by atoms with Crippen LogP contribution in [0.3, 0.4) is 0 Å². The summed E-state index contributed by atoms with van der Waals surface area (Å²) >= 11 is 0. The molecule has 1 aromatic carbocycles. The Morgan fingerprint density at radius 3 is 2.78 bits per heavy atom. The molecule has 1 aliphatic rings. The molecule has 0 aliphatic heterocycles. The second kappa shape index (κ2) is 6.55. The molecule has 98 valence electrons. The SMILES string of the molecule is CC(=O)O[C@H]1CCC(COCc2ccccc2)C1. The first-order valence-corrected chi connectivity index (χ1v) is 6.53. The first-order chi connectivity index (χ1) is 8.74. The van der Waals surface area contributed by atoms with Gasteiger partial charge in [-0.15, -0.1) is 0 Å². The van der Waals surface area contributed by atoms with E-state index in [1.54, 1.807) is 0 Å². The van der Waals surface area contributed by atoms with Crippen molar-refractivity contribution < 1.29 is 14.3 Å². The Hall–Kier alpha value is -1.35. The molecule has 1 aliphatic carbocycles. The van der Waals surface area contributed by atoms with Crippen LogP contribution in [0.1, 0.15) is 31.7 Å². The number of hydrogen-bond acceptors (Lipinski definition) is 3. The molecule has 3 nitrogen and oxygen atoms in total. The molecule has 0 N–H and O–H groups in total. The number of carbonyl (C=O) groups is 1. The Morgan fingerprint density at radius 1 is 1.28 bits per heavy atom. The van der Waals surface area contributed by atoms with Crippen LogP contribution < -0.4 is 0 Å². The molecule has 1 fully saturated rings. The summed E-state index contributed by atoms with van der Waals surface area (Å²) in [5.41, 5.74) is 1.20. The second-order valence-corrected chi connectivity index (χ2v) is 4.91. The predicted molar refractivity (Wildman–Crippen MR) is 69.0 cm³/mol. The molecule has 2 rings (SSSR count). The molecule has 18 heavy (non-hydrogen) atoms. The molecule has 0 amide bonds. The summed E-state index contributed by atoms with van der Waals surface area (Å²) in [5, 5.41) is 0. The van der Waals surface area contributed by atoms with Gasteiger partial charge in [0.15, 0.2) is 0 Å². The molecule has 0 radical (unpaired) electrons. The molecule has 3 heteroatoms. The third kappa shape index (κ3) is 4.15. The van der Waals surface area contributed by atoms with Crippen LogP contribution in [0.2, 0.25) is 0 Å². The van der Waals surface area contributed by atoms with Gasteiger partial charge in [0, 0.05) is 13.5 Å². The van der Waals surface area contributed by atoms with E-state index >= 15 is 0 Å². The molecule has 0 spiro atoms. The van der Waals surface area contributed by atoms with Gasteiger partial charge in [-0.2, -0.15) is 0 Å². The van der Waals surface area contributed by atoms with Crippen LogP contribution in [-0.4, -0.2) is 18.7 Å². The summed E-state index contributed by atoms with van der Waals surface area (Å²) in [6, 6.07) is 10.2. The highest BCUT2D eigenvalue weighted by Crippen LogP contribution is 2.28. The number of ether oxygens (including phenoxy) is 2. The highest BCUT2D eigenvalue weighted by atomic mass is 16.5. The number of rotatable bonds is 5. The molecule has 0 aromatic heterocycles. The lowest BCUT2D eigenvalue weighted by atomic mass is 10.1. The normalized spacial score (nSPS) is 22.9. The number of esters is 1. The Labute approximate surface area is 108 Å². The van der Waals surface area contributed by atoms with Crippen molar-refractivity contribution in [1.29, 1.82) is 0 Å². The van der Waals surface area contributed by atoms with Crippen LogP contribution in [0.25, 0.3) is 0 Å². The zero-order valence-corrected chi connectivity index (χ0v) is 10.8. The quantitative estimate of drug-likeness (QED) is 0.752. The lowest BCUT2D eigenvalue weighted by Crippen LogP contribution is -2.13. The van der Waals surface area contributed by atoms with Gasteiger partial charge in [-0.25, -0.2) is 0 Å². The fraction of sp³-hybridized carbons (Fsp3) is 0.533. The first-order valence-electron chi connectivity index (χ1n) is 6.53. The Morgan fingerprint density at radius 2 is 2.06 bits per heavy atom. The Bertz CT molecular complexity index is 375. The molecule has 0 heterocycles. The van der Waals surface area contributed by atoms with Crippen molar-refractivity contribution in [3.05, 3.63) is 35.9 Å². The van der Waals surface area contributed by atoms with E-state index in [0.29, 0.717) is 12.5 Å². The third-order valence-electron chi connectivity index (χ3n) is 3.29. The minimum Gasteiger partial charge on any atom is -0.463 e. The molecular formula is C15H20O3. The lowest BCUT2D eigenvalue weighted by molar-refractivity contribution is -0.146. The van der Waals surface area contributed by atoms with Crippen molar-refractivity contribution in [1.82, 2.24) is 0 Å². The van der Waals surface area contributed by atoms with Gasteiger partial charge in [0.1, 0.15) is 6.10 Å². The number of benzene rings is 1. The zero-order chi connectivity index (χ0) is 12.8. The summed E-state index contributed by atoms with van der Waals surface area (Å²) in [4.78, 5) is 10.9. The highest BCUT2D eigenvalue weighted by Gasteiger charge is 2.26. The van der Waals surface area contributed by atoms with Crippen LogP contribution in [0.4, 0.5) is 0 Å². The minimum atomic E-state index is -0.175. The van der Waals surface area contributed by atoms with E-state index in [1.165, 1.54) is 12.5 Å². The fourth-order valence-electron chi connectivity index (χ4n) is 2.44. The van der Waals surface area contributed by atoms with Crippen molar-refractivity contribution in [2.24, 2.45) is 5.92 Å². The Kier molecular flexibility index (Phi) is 4.76. The molecule has 0 bridgehead atoms. The number of carbonyl (C=O) groups excluding carboxylic acids is 1. The van der Waals surface area contributed by atoms with Gasteiger partial charge in [-0.05, 0) is 30.7 Å². The predicted octanol–water partition coefficient (Wildman–Crippen LogP) is 2.94. The van der Waals surface area contributed by atoms with E-state index in [-0.39, 0.29) is 12.1 Å². The van der Waals surface area contributed by atoms with Gasteiger partial charge in [0.05, 0.1) is 6.61 Å². The molecule has 0 saturated heterocycles. The fourth-order valence-corrected chi connectivity index (χ4v) is 2.44. The maximum Gasteiger partial charge on any atom is 0.302 e. The molecule has 1 saturated carbocycles. The van der Waals surface area contributed by atoms with Crippen LogP contribution in [0.5, 0.6) is 0 Å². The van der Waals surface area contributed by atoms with E-state index in [0.717, 1.165) is 25.9 Å². The van der Waals surface area contributed by atoms with E-state index in [4.69, 9.17) is 9.47 Å². The van der Waals surface area contributed by atoms with Crippen molar-refractivity contribution in [2.75, 3.05) is 6.61 Å². The van der Waals surface area contributed by atoms with Crippen molar-refractivity contribution in [3.63, 3.8) is 0 Å². The lowest BCUT2D eigenvalue weighted by Gasteiger charge is -2.12. The Balaban J connectivity index is 1.65. The molecule has 1 aromatic rings.